The third-order valence-electron chi connectivity index (χ3n) is 2.74. The van der Waals surface area contributed by atoms with Crippen molar-refractivity contribution in [1.29, 1.82) is 0 Å². The van der Waals surface area contributed by atoms with E-state index in [1.54, 1.807) is 44.6 Å². The summed E-state index contributed by atoms with van der Waals surface area (Å²) in [4.78, 5) is 0. The lowest BCUT2D eigenvalue weighted by Gasteiger charge is -2.15. The van der Waals surface area contributed by atoms with Crippen LogP contribution in [0.5, 0.6) is 11.5 Å². The zero-order valence-electron chi connectivity index (χ0n) is 11.0. The van der Waals surface area contributed by atoms with Gasteiger partial charge in [-0.05, 0) is 24.3 Å². The predicted octanol–water partition coefficient (Wildman–Crippen LogP) is 4.34. The average molecular weight is 313 g/mol. The minimum Gasteiger partial charge on any atom is -0.495 e. The van der Waals surface area contributed by atoms with E-state index in [9.17, 15) is 0 Å². The summed E-state index contributed by atoms with van der Waals surface area (Å²) in [6.45, 7) is 0. The fourth-order valence-corrected chi connectivity index (χ4v) is 2.21. The number of hydrogen-bond donors (Lipinski definition) is 2. The van der Waals surface area contributed by atoms with Crippen molar-refractivity contribution in [3.8, 4) is 11.5 Å². The van der Waals surface area contributed by atoms with Crippen LogP contribution < -0.4 is 20.5 Å². The molecule has 20 heavy (non-hydrogen) atoms. The molecule has 0 unspecified atom stereocenters. The Balaban J connectivity index is 2.40. The molecule has 0 bridgehead atoms. The van der Waals surface area contributed by atoms with Crippen LogP contribution in [0.1, 0.15) is 0 Å². The monoisotopic (exact) mass is 312 g/mol. The molecule has 2 aromatic carbocycles. The first-order valence-corrected chi connectivity index (χ1v) is 6.54. The SMILES string of the molecule is COc1cc(OC)c(Nc2ccc(N)cc2Cl)cc1Cl. The van der Waals surface area contributed by atoms with Crippen LogP contribution in [0, 0.1) is 0 Å². The highest BCUT2D eigenvalue weighted by atomic mass is 35.5. The number of nitrogens with one attached hydrogen (secondary N) is 1. The lowest BCUT2D eigenvalue weighted by Crippen LogP contribution is -1.97. The summed E-state index contributed by atoms with van der Waals surface area (Å²) in [5.41, 5.74) is 7.66. The van der Waals surface area contributed by atoms with Crippen LogP contribution >= 0.6 is 23.2 Å². The molecular formula is C14H14Cl2N2O2. The van der Waals surface area contributed by atoms with E-state index in [1.165, 1.54) is 0 Å². The van der Waals surface area contributed by atoms with Gasteiger partial charge in [-0.15, -0.1) is 0 Å². The van der Waals surface area contributed by atoms with Gasteiger partial charge >= 0.3 is 0 Å². The second kappa shape index (κ2) is 6.11. The van der Waals surface area contributed by atoms with Crippen LogP contribution in [0.4, 0.5) is 17.1 Å². The van der Waals surface area contributed by atoms with E-state index in [-0.39, 0.29) is 0 Å². The standard InChI is InChI=1S/C14H14Cl2N2O2/c1-19-13-7-14(20-2)12(6-10(13)16)18-11-4-3-8(17)5-9(11)15/h3-7,18H,17H2,1-2H3. The minimum atomic E-state index is 0.474. The van der Waals surface area contributed by atoms with Gasteiger partial charge in [0.1, 0.15) is 11.5 Å². The third-order valence-corrected chi connectivity index (χ3v) is 3.34. The number of anilines is 3. The molecule has 0 fully saturated rings. The molecule has 6 heteroatoms. The molecule has 0 aliphatic carbocycles. The second-order valence-corrected chi connectivity index (χ2v) is 4.87. The zero-order valence-corrected chi connectivity index (χ0v) is 12.5. The highest BCUT2D eigenvalue weighted by Gasteiger charge is 2.11. The molecule has 106 valence electrons. The molecular weight excluding hydrogens is 299 g/mol. The third kappa shape index (κ3) is 3.03. The maximum absolute atomic E-state index is 6.13. The van der Waals surface area contributed by atoms with E-state index < -0.39 is 0 Å². The number of methoxy groups -OCH3 is 2. The molecule has 0 spiro atoms. The summed E-state index contributed by atoms with van der Waals surface area (Å²) in [5.74, 6) is 1.14. The van der Waals surface area contributed by atoms with Gasteiger partial charge in [0, 0.05) is 11.8 Å². The molecule has 0 heterocycles. The van der Waals surface area contributed by atoms with Crippen molar-refractivity contribution in [2.75, 3.05) is 25.3 Å². The van der Waals surface area contributed by atoms with Crippen LogP contribution in [0.3, 0.4) is 0 Å². The summed E-state index contributed by atoms with van der Waals surface area (Å²) >= 11 is 12.2. The molecule has 2 aromatic rings. The van der Waals surface area contributed by atoms with E-state index in [1.807, 2.05) is 0 Å². The van der Waals surface area contributed by atoms with Gasteiger partial charge in [0.15, 0.2) is 0 Å². The van der Waals surface area contributed by atoms with Crippen LogP contribution in [0.25, 0.3) is 0 Å². The average Bonchev–Trinajstić information content (AvgIpc) is 2.42. The van der Waals surface area contributed by atoms with Crippen LogP contribution in [0.15, 0.2) is 30.3 Å². The number of rotatable bonds is 4. The van der Waals surface area contributed by atoms with Gasteiger partial charge in [-0.1, -0.05) is 23.2 Å². The lowest BCUT2D eigenvalue weighted by molar-refractivity contribution is 0.396. The summed E-state index contributed by atoms with van der Waals surface area (Å²) in [6.07, 6.45) is 0. The van der Waals surface area contributed by atoms with Gasteiger partial charge in [-0.25, -0.2) is 0 Å². The first-order valence-electron chi connectivity index (χ1n) is 5.78. The predicted molar refractivity (Wildman–Crippen MR) is 83.7 cm³/mol. The topological polar surface area (TPSA) is 56.5 Å². The minimum absolute atomic E-state index is 0.474. The molecule has 2 rings (SSSR count). The van der Waals surface area contributed by atoms with Crippen LogP contribution in [-0.2, 0) is 0 Å². The van der Waals surface area contributed by atoms with Crippen molar-refractivity contribution in [1.82, 2.24) is 0 Å². The number of ether oxygens (including phenoxy) is 2. The lowest BCUT2D eigenvalue weighted by atomic mass is 10.2. The first-order chi connectivity index (χ1) is 9.55. The van der Waals surface area contributed by atoms with E-state index >= 15 is 0 Å². The Morgan fingerprint density at radius 2 is 1.60 bits per heavy atom. The summed E-state index contributed by atoms with van der Waals surface area (Å²) in [6, 6.07) is 8.63. The fraction of sp³-hybridized carbons (Fsp3) is 0.143. The fourth-order valence-electron chi connectivity index (χ4n) is 1.74. The Morgan fingerprint density at radius 3 is 2.20 bits per heavy atom. The van der Waals surface area contributed by atoms with Crippen LogP contribution in [0.2, 0.25) is 10.0 Å². The summed E-state index contributed by atoms with van der Waals surface area (Å²) < 4.78 is 10.5. The number of hydrogen-bond acceptors (Lipinski definition) is 4. The Morgan fingerprint density at radius 1 is 0.900 bits per heavy atom. The summed E-state index contributed by atoms with van der Waals surface area (Å²) in [7, 11) is 3.11. The van der Waals surface area contributed by atoms with Gasteiger partial charge in [0.2, 0.25) is 0 Å². The quantitative estimate of drug-likeness (QED) is 0.825. The highest BCUT2D eigenvalue weighted by molar-refractivity contribution is 6.34. The second-order valence-electron chi connectivity index (χ2n) is 4.05. The van der Waals surface area contributed by atoms with Gasteiger partial charge in [0.25, 0.3) is 0 Å². The largest absolute Gasteiger partial charge is 0.495 e. The summed E-state index contributed by atoms with van der Waals surface area (Å²) in [5, 5.41) is 4.15. The van der Waals surface area contributed by atoms with Gasteiger partial charge in [-0.2, -0.15) is 0 Å². The molecule has 0 atom stereocenters. The Bertz CT molecular complexity index is 633. The van der Waals surface area contributed by atoms with E-state index in [4.69, 9.17) is 38.4 Å². The first kappa shape index (κ1) is 14.6. The molecule has 0 saturated carbocycles. The number of benzene rings is 2. The Labute approximate surface area is 127 Å². The van der Waals surface area contributed by atoms with Gasteiger partial charge in [-0.3, -0.25) is 0 Å². The number of nitrogens with two attached hydrogens (primary N) is 1. The normalized spacial score (nSPS) is 10.2. The number of halogens is 2. The van der Waals surface area contributed by atoms with Gasteiger partial charge < -0.3 is 20.5 Å². The highest BCUT2D eigenvalue weighted by Crippen LogP contribution is 2.38. The Kier molecular flexibility index (Phi) is 4.47. The van der Waals surface area contributed by atoms with Gasteiger partial charge in [0.05, 0.1) is 35.6 Å². The smallest absolute Gasteiger partial charge is 0.146 e. The van der Waals surface area contributed by atoms with Crippen LogP contribution in [-0.4, -0.2) is 14.2 Å². The zero-order chi connectivity index (χ0) is 14.7. The van der Waals surface area contributed by atoms with Crippen molar-refractivity contribution in [3.63, 3.8) is 0 Å². The maximum Gasteiger partial charge on any atom is 0.146 e. The molecule has 0 saturated heterocycles. The van der Waals surface area contributed by atoms with Crippen molar-refractivity contribution < 1.29 is 9.47 Å². The molecule has 0 aliphatic rings. The number of nitrogen functional groups attached to an aromatic ring is 1. The Hall–Kier alpha value is -1.78. The molecule has 0 radical (unpaired) electrons. The van der Waals surface area contributed by atoms with Crippen molar-refractivity contribution >= 4 is 40.3 Å². The molecule has 0 aromatic heterocycles. The molecule has 0 aliphatic heterocycles. The molecule has 4 nitrogen and oxygen atoms in total. The molecule has 3 N–H and O–H groups in total. The van der Waals surface area contributed by atoms with Crippen molar-refractivity contribution in [3.05, 3.63) is 40.4 Å². The van der Waals surface area contributed by atoms with E-state index in [0.29, 0.717) is 38.6 Å². The van der Waals surface area contributed by atoms with E-state index in [2.05, 4.69) is 5.32 Å². The maximum atomic E-state index is 6.13. The van der Waals surface area contributed by atoms with E-state index in [0.717, 1.165) is 0 Å². The van der Waals surface area contributed by atoms with Crippen molar-refractivity contribution in [2.24, 2.45) is 0 Å². The van der Waals surface area contributed by atoms with Crippen molar-refractivity contribution in [2.45, 2.75) is 0 Å². The molecule has 0 amide bonds.